The SMILES string of the molecule is Cc1ccc2ccccc2c1CN1C(=O)[C@@H](NC(=O)[C@H](C)N(C)C(=O)O)CNc2ccccc21. The Balaban J connectivity index is 1.69. The minimum absolute atomic E-state index is 0.191. The van der Waals surface area contributed by atoms with Gasteiger partial charge in [-0.3, -0.25) is 14.5 Å². The quantitative estimate of drug-likeness (QED) is 0.540. The molecule has 0 saturated heterocycles. The lowest BCUT2D eigenvalue weighted by Crippen LogP contribution is -2.55. The zero-order valence-corrected chi connectivity index (χ0v) is 19.4. The molecule has 34 heavy (non-hydrogen) atoms. The van der Waals surface area contributed by atoms with E-state index < -0.39 is 24.1 Å². The summed E-state index contributed by atoms with van der Waals surface area (Å²) in [6, 6.07) is 17.9. The summed E-state index contributed by atoms with van der Waals surface area (Å²) in [5, 5.41) is 17.4. The zero-order valence-electron chi connectivity index (χ0n) is 19.4. The third kappa shape index (κ3) is 4.39. The van der Waals surface area contributed by atoms with Crippen LogP contribution in [0.15, 0.2) is 60.7 Å². The number of aryl methyl sites for hydroxylation is 1. The van der Waals surface area contributed by atoms with Crippen LogP contribution in [0.2, 0.25) is 0 Å². The summed E-state index contributed by atoms with van der Waals surface area (Å²) in [6.45, 7) is 4.04. The molecule has 0 saturated carbocycles. The van der Waals surface area contributed by atoms with Crippen molar-refractivity contribution in [3.63, 3.8) is 0 Å². The van der Waals surface area contributed by atoms with Crippen molar-refractivity contribution in [1.82, 2.24) is 10.2 Å². The van der Waals surface area contributed by atoms with Crippen LogP contribution >= 0.6 is 0 Å². The van der Waals surface area contributed by atoms with Gasteiger partial charge < -0.3 is 20.6 Å². The van der Waals surface area contributed by atoms with Gasteiger partial charge in [0.15, 0.2) is 0 Å². The Morgan fingerprint density at radius 2 is 1.85 bits per heavy atom. The summed E-state index contributed by atoms with van der Waals surface area (Å²) in [5.74, 6) is -0.791. The van der Waals surface area contributed by atoms with E-state index in [1.54, 1.807) is 4.90 Å². The number of carboxylic acid groups (broad SMARTS) is 1. The molecule has 0 spiro atoms. The normalized spacial score (nSPS) is 16.3. The van der Waals surface area contributed by atoms with Crippen molar-refractivity contribution in [2.45, 2.75) is 32.5 Å². The first-order valence-electron chi connectivity index (χ1n) is 11.2. The van der Waals surface area contributed by atoms with E-state index in [-0.39, 0.29) is 12.5 Å². The molecule has 3 aromatic carbocycles. The average molecular weight is 461 g/mol. The van der Waals surface area contributed by atoms with Gasteiger partial charge in [0.05, 0.1) is 17.9 Å². The molecule has 3 aromatic rings. The molecule has 4 rings (SSSR count). The molecule has 0 unspecified atom stereocenters. The second-order valence-corrected chi connectivity index (χ2v) is 8.54. The summed E-state index contributed by atoms with van der Waals surface area (Å²) in [6.07, 6.45) is -1.21. The number of fused-ring (bicyclic) bond motifs is 2. The molecule has 0 fully saturated rings. The zero-order chi connectivity index (χ0) is 24.4. The maximum atomic E-state index is 13.8. The lowest BCUT2D eigenvalue weighted by molar-refractivity contribution is -0.129. The van der Waals surface area contributed by atoms with Gasteiger partial charge >= 0.3 is 6.09 Å². The lowest BCUT2D eigenvalue weighted by Gasteiger charge is -2.28. The smallest absolute Gasteiger partial charge is 0.407 e. The summed E-state index contributed by atoms with van der Waals surface area (Å²) in [4.78, 5) is 40.4. The molecular formula is C26H28N4O4. The summed E-state index contributed by atoms with van der Waals surface area (Å²) < 4.78 is 0. The van der Waals surface area contributed by atoms with Crippen LogP contribution in [-0.4, -0.2) is 53.6 Å². The van der Waals surface area contributed by atoms with Crippen molar-refractivity contribution in [3.05, 3.63) is 71.8 Å². The molecule has 1 aliphatic heterocycles. The van der Waals surface area contributed by atoms with Crippen LogP contribution in [0.25, 0.3) is 10.8 Å². The minimum Gasteiger partial charge on any atom is -0.465 e. The fourth-order valence-electron chi connectivity index (χ4n) is 4.19. The second kappa shape index (κ2) is 9.43. The number of rotatable bonds is 5. The van der Waals surface area contributed by atoms with Gasteiger partial charge in [-0.2, -0.15) is 0 Å². The Morgan fingerprint density at radius 1 is 1.15 bits per heavy atom. The fraction of sp³-hybridized carbons (Fsp3) is 0.269. The second-order valence-electron chi connectivity index (χ2n) is 8.54. The predicted molar refractivity (Wildman–Crippen MR) is 132 cm³/mol. The number of hydrogen-bond acceptors (Lipinski definition) is 4. The number of likely N-dealkylation sites (N-methyl/N-ethyl adjacent to an activating group) is 1. The minimum atomic E-state index is -1.21. The van der Waals surface area contributed by atoms with E-state index in [9.17, 15) is 19.5 Å². The third-order valence-electron chi connectivity index (χ3n) is 6.43. The number of nitrogens with zero attached hydrogens (tertiary/aromatic N) is 2. The van der Waals surface area contributed by atoms with E-state index in [0.717, 1.165) is 38.2 Å². The Hall–Kier alpha value is -4.07. The van der Waals surface area contributed by atoms with Crippen molar-refractivity contribution >= 4 is 40.1 Å². The molecule has 176 valence electrons. The van der Waals surface area contributed by atoms with Gasteiger partial charge in [-0.1, -0.05) is 48.5 Å². The van der Waals surface area contributed by atoms with Crippen molar-refractivity contribution in [2.24, 2.45) is 0 Å². The lowest BCUT2D eigenvalue weighted by atomic mass is 9.99. The Bertz CT molecular complexity index is 1260. The molecule has 1 aliphatic rings. The van der Waals surface area contributed by atoms with E-state index >= 15 is 0 Å². The van der Waals surface area contributed by atoms with Crippen LogP contribution in [0.5, 0.6) is 0 Å². The number of nitrogens with one attached hydrogen (secondary N) is 2. The largest absolute Gasteiger partial charge is 0.465 e. The van der Waals surface area contributed by atoms with Crippen LogP contribution in [0.3, 0.4) is 0 Å². The van der Waals surface area contributed by atoms with Crippen LogP contribution < -0.4 is 15.5 Å². The highest BCUT2D eigenvalue weighted by Crippen LogP contribution is 2.32. The Kier molecular flexibility index (Phi) is 6.40. The maximum absolute atomic E-state index is 13.8. The van der Waals surface area contributed by atoms with Crippen LogP contribution in [0, 0.1) is 6.92 Å². The van der Waals surface area contributed by atoms with Crippen molar-refractivity contribution in [3.8, 4) is 0 Å². The van der Waals surface area contributed by atoms with Gasteiger partial charge in [-0.25, -0.2) is 4.79 Å². The number of para-hydroxylation sites is 2. The van der Waals surface area contributed by atoms with Crippen LogP contribution in [0.4, 0.5) is 16.2 Å². The first kappa shape index (κ1) is 23.1. The first-order valence-corrected chi connectivity index (χ1v) is 11.2. The van der Waals surface area contributed by atoms with Crippen molar-refractivity contribution in [1.29, 1.82) is 0 Å². The van der Waals surface area contributed by atoms with Gasteiger partial charge in [-0.05, 0) is 47.9 Å². The van der Waals surface area contributed by atoms with Crippen LogP contribution in [-0.2, 0) is 16.1 Å². The summed E-state index contributed by atoms with van der Waals surface area (Å²) in [7, 11) is 1.32. The molecule has 8 nitrogen and oxygen atoms in total. The third-order valence-corrected chi connectivity index (χ3v) is 6.43. The standard InChI is InChI=1S/C26H28N4O4/c1-16-12-13-18-8-4-5-9-19(18)20(16)15-30-23-11-7-6-10-21(23)27-14-22(25(30)32)28-24(31)17(2)29(3)26(33)34/h4-13,17,22,27H,14-15H2,1-3H3,(H,28,31)(H,33,34)/t17-,22-/m0/s1. The molecule has 0 bridgehead atoms. The first-order chi connectivity index (χ1) is 16.3. The molecule has 0 radical (unpaired) electrons. The van der Waals surface area contributed by atoms with Gasteiger partial charge in [0, 0.05) is 13.6 Å². The summed E-state index contributed by atoms with van der Waals surface area (Å²) >= 11 is 0. The summed E-state index contributed by atoms with van der Waals surface area (Å²) in [5.41, 5.74) is 3.62. The van der Waals surface area contributed by atoms with Gasteiger partial charge in [-0.15, -0.1) is 0 Å². The number of anilines is 2. The molecule has 3 amide bonds. The fourth-order valence-corrected chi connectivity index (χ4v) is 4.19. The highest BCUT2D eigenvalue weighted by Gasteiger charge is 2.33. The van der Waals surface area contributed by atoms with Crippen molar-refractivity contribution in [2.75, 3.05) is 23.8 Å². The number of benzene rings is 3. The molecule has 3 N–H and O–H groups in total. The molecule has 2 atom stereocenters. The number of amides is 3. The number of carbonyl (C=O) groups excluding carboxylic acids is 2. The van der Waals surface area contributed by atoms with E-state index in [0.29, 0.717) is 6.54 Å². The topological polar surface area (TPSA) is 102 Å². The average Bonchev–Trinajstić information content (AvgIpc) is 2.96. The number of hydrogen-bond donors (Lipinski definition) is 3. The Labute approximate surface area is 198 Å². The highest BCUT2D eigenvalue weighted by atomic mass is 16.4. The molecule has 1 heterocycles. The van der Waals surface area contributed by atoms with Crippen molar-refractivity contribution < 1.29 is 19.5 Å². The molecular weight excluding hydrogens is 432 g/mol. The van der Waals surface area contributed by atoms with Crippen LogP contribution in [0.1, 0.15) is 18.1 Å². The number of carbonyl (C=O) groups is 3. The van der Waals surface area contributed by atoms with E-state index in [4.69, 9.17) is 0 Å². The Morgan fingerprint density at radius 3 is 2.62 bits per heavy atom. The highest BCUT2D eigenvalue weighted by molar-refractivity contribution is 6.04. The molecule has 8 heteroatoms. The monoisotopic (exact) mass is 460 g/mol. The van der Waals surface area contributed by atoms with Gasteiger partial charge in [0.25, 0.3) is 5.91 Å². The van der Waals surface area contributed by atoms with Gasteiger partial charge in [0.1, 0.15) is 12.1 Å². The maximum Gasteiger partial charge on any atom is 0.407 e. The van der Waals surface area contributed by atoms with E-state index in [2.05, 4.69) is 16.7 Å². The van der Waals surface area contributed by atoms with E-state index in [1.165, 1.54) is 14.0 Å². The van der Waals surface area contributed by atoms with Gasteiger partial charge in [0.2, 0.25) is 5.91 Å². The van der Waals surface area contributed by atoms with E-state index in [1.807, 2.05) is 61.5 Å². The molecule has 0 aromatic heterocycles. The molecule has 0 aliphatic carbocycles. The predicted octanol–water partition coefficient (Wildman–Crippen LogP) is 3.59.